The van der Waals surface area contributed by atoms with Crippen LogP contribution in [0.15, 0.2) is 65.7 Å². The lowest BCUT2D eigenvalue weighted by molar-refractivity contribution is 0.102. The van der Waals surface area contributed by atoms with Crippen LogP contribution in [0.2, 0.25) is 0 Å². The number of aromatic nitrogens is 1. The number of carbonyl (C=O) groups excluding carboxylic acids is 1. The molecule has 0 bridgehead atoms. The molecule has 1 aromatic heterocycles. The number of nitrogens with one attached hydrogen (secondary N) is 1. The van der Waals surface area contributed by atoms with Gasteiger partial charge in [-0.1, -0.05) is 13.0 Å². The van der Waals surface area contributed by atoms with Crippen molar-refractivity contribution in [2.45, 2.75) is 24.7 Å². The highest BCUT2D eigenvalue weighted by atomic mass is 32.2. The van der Waals surface area contributed by atoms with Crippen LogP contribution in [0.25, 0.3) is 10.9 Å². The van der Waals surface area contributed by atoms with Crippen LogP contribution < -0.4 is 5.32 Å². The number of anilines is 1. The summed E-state index contributed by atoms with van der Waals surface area (Å²) in [5.41, 5.74) is 1.86. The predicted molar refractivity (Wildman–Crippen MR) is 113 cm³/mol. The monoisotopic (exact) mass is 409 g/mol. The fraction of sp³-hybridized carbons (Fsp3) is 0.273. The number of piperidine rings is 1. The van der Waals surface area contributed by atoms with E-state index in [1.807, 2.05) is 30.3 Å². The summed E-state index contributed by atoms with van der Waals surface area (Å²) >= 11 is 0. The fourth-order valence-electron chi connectivity index (χ4n) is 3.56. The van der Waals surface area contributed by atoms with Gasteiger partial charge in [0, 0.05) is 30.2 Å². The summed E-state index contributed by atoms with van der Waals surface area (Å²) in [5.74, 6) is 0.258. The topological polar surface area (TPSA) is 79.4 Å². The van der Waals surface area contributed by atoms with E-state index in [1.54, 1.807) is 18.3 Å². The van der Waals surface area contributed by atoms with Gasteiger partial charge in [-0.15, -0.1) is 0 Å². The Morgan fingerprint density at radius 1 is 1.03 bits per heavy atom. The molecule has 0 radical (unpaired) electrons. The maximum absolute atomic E-state index is 12.8. The Balaban J connectivity index is 1.52. The second-order valence-corrected chi connectivity index (χ2v) is 9.38. The lowest BCUT2D eigenvalue weighted by Gasteiger charge is -2.29. The summed E-state index contributed by atoms with van der Waals surface area (Å²) in [6.45, 7) is 3.23. The first kappa shape index (κ1) is 19.5. The minimum absolute atomic E-state index is 0.220. The maximum Gasteiger partial charge on any atom is 0.255 e. The highest BCUT2D eigenvalue weighted by Crippen LogP contribution is 2.25. The number of sulfonamides is 1. The molecule has 6 nitrogen and oxygen atoms in total. The molecular weight excluding hydrogens is 386 g/mol. The number of hydrogen-bond acceptors (Lipinski definition) is 4. The molecule has 7 heteroatoms. The number of pyridine rings is 1. The number of fused-ring (bicyclic) bond motifs is 1. The standard InChI is InChI=1S/C22H23N3O3S/c1-16-11-14-25(15-12-16)29(27,28)18-9-7-17(8-10-18)22(26)24-21-6-2-5-20-19(21)4-3-13-23-20/h2-10,13,16H,11-12,14-15H2,1H3,(H,24,26). The van der Waals surface area contributed by atoms with Gasteiger partial charge >= 0.3 is 0 Å². The minimum Gasteiger partial charge on any atom is -0.321 e. The van der Waals surface area contributed by atoms with Crippen molar-refractivity contribution >= 4 is 32.5 Å². The van der Waals surface area contributed by atoms with E-state index < -0.39 is 10.0 Å². The number of rotatable bonds is 4. The Morgan fingerprint density at radius 2 is 1.76 bits per heavy atom. The molecule has 1 fully saturated rings. The second-order valence-electron chi connectivity index (χ2n) is 7.44. The third-order valence-corrected chi connectivity index (χ3v) is 7.30. The number of hydrogen-bond donors (Lipinski definition) is 1. The predicted octanol–water partition coefficient (Wildman–Crippen LogP) is 3.91. The fourth-order valence-corrected chi connectivity index (χ4v) is 5.03. The van der Waals surface area contributed by atoms with Gasteiger partial charge in [-0.25, -0.2) is 8.42 Å². The van der Waals surface area contributed by atoms with E-state index in [0.29, 0.717) is 30.3 Å². The Bertz CT molecular complexity index is 1130. The molecule has 0 unspecified atom stereocenters. The summed E-state index contributed by atoms with van der Waals surface area (Å²) in [5, 5.41) is 3.74. The molecule has 1 saturated heterocycles. The van der Waals surface area contributed by atoms with Gasteiger partial charge in [0.25, 0.3) is 5.91 Å². The average Bonchev–Trinajstić information content (AvgIpc) is 2.74. The number of benzene rings is 2. The van der Waals surface area contributed by atoms with Gasteiger partial charge in [0.15, 0.2) is 0 Å². The van der Waals surface area contributed by atoms with E-state index >= 15 is 0 Å². The minimum atomic E-state index is -3.52. The van der Waals surface area contributed by atoms with Crippen LogP contribution >= 0.6 is 0 Å². The molecule has 4 rings (SSSR count). The van der Waals surface area contributed by atoms with E-state index in [1.165, 1.54) is 16.4 Å². The largest absolute Gasteiger partial charge is 0.321 e. The molecule has 150 valence electrons. The van der Waals surface area contributed by atoms with E-state index in [-0.39, 0.29) is 10.8 Å². The summed E-state index contributed by atoms with van der Waals surface area (Å²) in [6.07, 6.45) is 3.45. The lowest BCUT2D eigenvalue weighted by atomic mass is 10.0. The Hall–Kier alpha value is -2.77. The zero-order chi connectivity index (χ0) is 20.4. The van der Waals surface area contributed by atoms with Crippen LogP contribution in [0, 0.1) is 5.92 Å². The van der Waals surface area contributed by atoms with Crippen LogP contribution in [0.1, 0.15) is 30.1 Å². The van der Waals surface area contributed by atoms with Crippen molar-refractivity contribution in [3.8, 4) is 0 Å². The van der Waals surface area contributed by atoms with Gasteiger partial charge in [0.2, 0.25) is 10.0 Å². The number of amides is 1. The van der Waals surface area contributed by atoms with Crippen molar-refractivity contribution in [3.05, 3.63) is 66.4 Å². The molecule has 3 aromatic rings. The SMILES string of the molecule is CC1CCN(S(=O)(=O)c2ccc(C(=O)Nc3cccc4ncccc34)cc2)CC1. The molecule has 2 aromatic carbocycles. The number of carbonyl (C=O) groups is 1. The third-order valence-electron chi connectivity index (χ3n) is 5.39. The molecule has 0 spiro atoms. The average molecular weight is 410 g/mol. The zero-order valence-corrected chi connectivity index (χ0v) is 17.0. The van der Waals surface area contributed by atoms with Gasteiger partial charge in [-0.05, 0) is 67.3 Å². The molecule has 1 N–H and O–H groups in total. The van der Waals surface area contributed by atoms with E-state index in [4.69, 9.17) is 0 Å². The van der Waals surface area contributed by atoms with Gasteiger partial charge in [-0.3, -0.25) is 9.78 Å². The number of nitrogens with zero attached hydrogens (tertiary/aromatic N) is 2. The summed E-state index contributed by atoms with van der Waals surface area (Å²) in [4.78, 5) is 17.2. The van der Waals surface area contributed by atoms with E-state index in [2.05, 4.69) is 17.2 Å². The van der Waals surface area contributed by atoms with E-state index in [9.17, 15) is 13.2 Å². The molecule has 2 heterocycles. The van der Waals surface area contributed by atoms with Crippen LogP contribution in [-0.4, -0.2) is 36.7 Å². The highest BCUT2D eigenvalue weighted by Gasteiger charge is 2.28. The quantitative estimate of drug-likeness (QED) is 0.709. The van der Waals surface area contributed by atoms with Crippen molar-refractivity contribution in [1.82, 2.24) is 9.29 Å². The second kappa shape index (κ2) is 7.93. The third kappa shape index (κ3) is 4.02. The van der Waals surface area contributed by atoms with Crippen LogP contribution in [0.4, 0.5) is 5.69 Å². The van der Waals surface area contributed by atoms with Gasteiger partial charge in [0.05, 0.1) is 16.1 Å². The Kier molecular flexibility index (Phi) is 5.34. The van der Waals surface area contributed by atoms with Crippen LogP contribution in [0.3, 0.4) is 0 Å². The first-order valence-corrected chi connectivity index (χ1v) is 11.1. The maximum atomic E-state index is 12.8. The molecule has 29 heavy (non-hydrogen) atoms. The first-order valence-electron chi connectivity index (χ1n) is 9.70. The summed E-state index contributed by atoms with van der Waals surface area (Å²) in [6, 6.07) is 15.4. The Labute approximate surface area is 170 Å². The molecule has 1 amide bonds. The molecule has 1 aliphatic heterocycles. The summed E-state index contributed by atoms with van der Waals surface area (Å²) in [7, 11) is -3.52. The highest BCUT2D eigenvalue weighted by molar-refractivity contribution is 7.89. The molecule has 0 saturated carbocycles. The van der Waals surface area contributed by atoms with Crippen molar-refractivity contribution < 1.29 is 13.2 Å². The summed E-state index contributed by atoms with van der Waals surface area (Å²) < 4.78 is 27.2. The van der Waals surface area contributed by atoms with Crippen LogP contribution in [-0.2, 0) is 10.0 Å². The van der Waals surface area contributed by atoms with Gasteiger partial charge in [0.1, 0.15) is 0 Å². The van der Waals surface area contributed by atoms with Crippen molar-refractivity contribution in [1.29, 1.82) is 0 Å². The Morgan fingerprint density at radius 3 is 2.48 bits per heavy atom. The van der Waals surface area contributed by atoms with Gasteiger partial charge in [-0.2, -0.15) is 4.31 Å². The van der Waals surface area contributed by atoms with Crippen molar-refractivity contribution in [3.63, 3.8) is 0 Å². The smallest absolute Gasteiger partial charge is 0.255 e. The van der Waals surface area contributed by atoms with Gasteiger partial charge < -0.3 is 5.32 Å². The van der Waals surface area contributed by atoms with Crippen molar-refractivity contribution in [2.75, 3.05) is 18.4 Å². The van der Waals surface area contributed by atoms with E-state index in [0.717, 1.165) is 23.7 Å². The zero-order valence-electron chi connectivity index (χ0n) is 16.2. The molecule has 1 aliphatic rings. The van der Waals surface area contributed by atoms with Crippen molar-refractivity contribution in [2.24, 2.45) is 5.92 Å². The van der Waals surface area contributed by atoms with Crippen LogP contribution in [0.5, 0.6) is 0 Å². The molecular formula is C22H23N3O3S. The first-order chi connectivity index (χ1) is 13.9. The normalized spacial score (nSPS) is 16.0. The lowest BCUT2D eigenvalue weighted by Crippen LogP contribution is -2.37. The molecule has 0 atom stereocenters. The molecule has 0 aliphatic carbocycles.